The zero-order valence-electron chi connectivity index (χ0n) is 20.4. The van der Waals surface area contributed by atoms with Crippen molar-refractivity contribution >= 4 is 0 Å². The van der Waals surface area contributed by atoms with E-state index in [-0.39, 0.29) is 0 Å². The molecule has 2 aromatic carbocycles. The topological polar surface area (TPSA) is 44.2 Å². The number of aromatic nitrogens is 2. The highest BCUT2D eigenvalue weighted by Gasteiger charge is 2.05. The number of benzene rings is 2. The van der Waals surface area contributed by atoms with E-state index in [9.17, 15) is 0 Å². The van der Waals surface area contributed by atoms with Gasteiger partial charge in [0.2, 0.25) is 0 Å². The highest BCUT2D eigenvalue weighted by Crippen LogP contribution is 2.24. The Morgan fingerprint density at radius 1 is 0.667 bits per heavy atom. The first kappa shape index (κ1) is 24.8. The minimum Gasteiger partial charge on any atom is -0.494 e. The molecule has 0 radical (unpaired) electrons. The van der Waals surface area contributed by atoms with Crippen molar-refractivity contribution in [3.05, 3.63) is 60.9 Å². The summed E-state index contributed by atoms with van der Waals surface area (Å²) in [7, 11) is 0. The molecule has 33 heavy (non-hydrogen) atoms. The van der Waals surface area contributed by atoms with Crippen LogP contribution < -0.4 is 9.47 Å². The van der Waals surface area contributed by atoms with Crippen LogP contribution in [0.4, 0.5) is 0 Å². The number of unbranched alkanes of at least 4 members (excludes halogenated alkanes) is 3. The van der Waals surface area contributed by atoms with Gasteiger partial charge in [0, 0.05) is 23.5 Å². The van der Waals surface area contributed by atoms with Crippen molar-refractivity contribution in [1.82, 2.24) is 9.97 Å². The fourth-order valence-corrected chi connectivity index (χ4v) is 3.57. The lowest BCUT2D eigenvalue weighted by atomic mass is 10.0. The lowest BCUT2D eigenvalue weighted by molar-refractivity contribution is 0.302. The monoisotopic (exact) mass is 446 g/mol. The van der Waals surface area contributed by atoms with Crippen LogP contribution in [-0.4, -0.2) is 23.2 Å². The third kappa shape index (κ3) is 8.20. The number of ether oxygens (including phenoxy) is 2. The Balaban J connectivity index is 1.47. The van der Waals surface area contributed by atoms with Crippen molar-refractivity contribution in [1.29, 1.82) is 0 Å². The first-order valence-electron chi connectivity index (χ1n) is 12.5. The van der Waals surface area contributed by atoms with Gasteiger partial charge < -0.3 is 9.47 Å². The molecule has 4 heteroatoms. The van der Waals surface area contributed by atoms with Gasteiger partial charge in [0.25, 0.3) is 0 Å². The molecule has 0 aliphatic heterocycles. The van der Waals surface area contributed by atoms with Crippen LogP contribution in [0.15, 0.2) is 60.9 Å². The normalized spacial score (nSPS) is 11.8. The maximum absolute atomic E-state index is 5.91. The Labute approximate surface area is 199 Å². The summed E-state index contributed by atoms with van der Waals surface area (Å²) in [4.78, 5) is 9.13. The van der Waals surface area contributed by atoms with Crippen molar-refractivity contribution in [3.8, 4) is 34.0 Å². The van der Waals surface area contributed by atoms with Crippen molar-refractivity contribution < 1.29 is 9.47 Å². The number of rotatable bonds is 14. The Kier molecular flexibility index (Phi) is 10.2. The van der Waals surface area contributed by atoms with Gasteiger partial charge in [0.1, 0.15) is 11.5 Å². The van der Waals surface area contributed by atoms with E-state index >= 15 is 0 Å². The molecule has 0 amide bonds. The lowest BCUT2D eigenvalue weighted by Gasteiger charge is -2.09. The zero-order valence-corrected chi connectivity index (χ0v) is 20.4. The average molecular weight is 447 g/mol. The zero-order chi connectivity index (χ0) is 23.3. The highest BCUT2D eigenvalue weighted by atomic mass is 16.5. The molecule has 3 rings (SSSR count). The lowest BCUT2D eigenvalue weighted by Crippen LogP contribution is -1.98. The highest BCUT2D eigenvalue weighted by molar-refractivity contribution is 5.64. The van der Waals surface area contributed by atoms with E-state index < -0.39 is 0 Å². The summed E-state index contributed by atoms with van der Waals surface area (Å²) in [6.07, 6.45) is 12.2. The van der Waals surface area contributed by atoms with E-state index in [0.29, 0.717) is 5.82 Å². The van der Waals surface area contributed by atoms with Crippen LogP contribution in [0.2, 0.25) is 0 Å². The molecule has 1 unspecified atom stereocenters. The Hall–Kier alpha value is -2.88. The molecule has 1 atom stereocenters. The summed E-state index contributed by atoms with van der Waals surface area (Å²) in [5.74, 6) is 3.36. The largest absolute Gasteiger partial charge is 0.494 e. The summed E-state index contributed by atoms with van der Waals surface area (Å²) in [5.41, 5.74) is 3.06. The van der Waals surface area contributed by atoms with Gasteiger partial charge in [-0.15, -0.1) is 0 Å². The smallest absolute Gasteiger partial charge is 0.159 e. The standard InChI is InChI=1S/C29H38N2O2/c1-4-6-19-32-28-17-13-25(14-18-28)29-30-21-26(22-31-29)24-11-15-27(16-12-24)33-20-9-7-8-10-23(3)5-2/h11-18,21-23H,4-10,19-20H2,1-3H3. The van der Waals surface area contributed by atoms with Gasteiger partial charge in [-0.3, -0.25) is 0 Å². The second kappa shape index (κ2) is 13.6. The summed E-state index contributed by atoms with van der Waals surface area (Å²) >= 11 is 0. The van der Waals surface area contributed by atoms with E-state index in [1.165, 1.54) is 25.7 Å². The molecule has 1 aromatic heterocycles. The van der Waals surface area contributed by atoms with E-state index in [1.807, 2.05) is 48.8 Å². The maximum Gasteiger partial charge on any atom is 0.159 e. The minimum absolute atomic E-state index is 0.715. The van der Waals surface area contributed by atoms with E-state index in [4.69, 9.17) is 9.47 Å². The third-order valence-corrected chi connectivity index (χ3v) is 6.03. The summed E-state index contributed by atoms with van der Waals surface area (Å²) in [6.45, 7) is 8.29. The molecule has 0 N–H and O–H groups in total. The molecular weight excluding hydrogens is 408 g/mol. The molecular formula is C29H38N2O2. The van der Waals surface area contributed by atoms with Gasteiger partial charge in [-0.2, -0.15) is 0 Å². The summed E-state index contributed by atoms with van der Waals surface area (Å²) in [5, 5.41) is 0. The minimum atomic E-state index is 0.715. The average Bonchev–Trinajstić information content (AvgIpc) is 2.87. The molecule has 0 aliphatic carbocycles. The van der Waals surface area contributed by atoms with Gasteiger partial charge in [0.05, 0.1) is 13.2 Å². The second-order valence-electron chi connectivity index (χ2n) is 8.76. The van der Waals surface area contributed by atoms with Gasteiger partial charge >= 0.3 is 0 Å². The summed E-state index contributed by atoms with van der Waals surface area (Å²) in [6, 6.07) is 16.2. The Morgan fingerprint density at radius 3 is 1.82 bits per heavy atom. The van der Waals surface area contributed by atoms with Crippen LogP contribution >= 0.6 is 0 Å². The van der Waals surface area contributed by atoms with Crippen LogP contribution in [0.1, 0.15) is 65.7 Å². The number of hydrogen-bond donors (Lipinski definition) is 0. The van der Waals surface area contributed by atoms with Crippen molar-refractivity contribution in [2.45, 2.75) is 65.7 Å². The first-order valence-corrected chi connectivity index (χ1v) is 12.5. The van der Waals surface area contributed by atoms with Crippen LogP contribution in [0, 0.1) is 5.92 Å². The molecule has 0 saturated heterocycles. The van der Waals surface area contributed by atoms with Crippen molar-refractivity contribution in [2.75, 3.05) is 13.2 Å². The van der Waals surface area contributed by atoms with Crippen LogP contribution in [0.25, 0.3) is 22.5 Å². The van der Waals surface area contributed by atoms with Gasteiger partial charge in [-0.25, -0.2) is 9.97 Å². The van der Waals surface area contributed by atoms with E-state index in [2.05, 4.69) is 42.9 Å². The van der Waals surface area contributed by atoms with E-state index in [0.717, 1.165) is 66.6 Å². The van der Waals surface area contributed by atoms with Gasteiger partial charge in [0.15, 0.2) is 5.82 Å². The molecule has 0 fully saturated rings. The maximum atomic E-state index is 5.91. The molecule has 1 heterocycles. The van der Waals surface area contributed by atoms with Crippen molar-refractivity contribution in [3.63, 3.8) is 0 Å². The molecule has 0 saturated carbocycles. The fraction of sp³-hybridized carbons (Fsp3) is 0.448. The molecule has 3 aromatic rings. The van der Waals surface area contributed by atoms with Crippen LogP contribution in [0.3, 0.4) is 0 Å². The van der Waals surface area contributed by atoms with Crippen molar-refractivity contribution in [2.24, 2.45) is 5.92 Å². The number of nitrogens with zero attached hydrogens (tertiary/aromatic N) is 2. The SMILES string of the molecule is CCCCOc1ccc(-c2ncc(-c3ccc(OCCCCCC(C)CC)cc3)cn2)cc1. The van der Waals surface area contributed by atoms with Gasteiger partial charge in [-0.05, 0) is 60.7 Å². The third-order valence-electron chi connectivity index (χ3n) is 6.03. The van der Waals surface area contributed by atoms with Gasteiger partial charge in [-0.1, -0.05) is 65.0 Å². The predicted octanol–water partition coefficient (Wildman–Crippen LogP) is 7.97. The van der Waals surface area contributed by atoms with E-state index in [1.54, 1.807) is 0 Å². The first-order chi connectivity index (χ1) is 16.2. The molecule has 176 valence electrons. The Bertz CT molecular complexity index is 921. The Morgan fingerprint density at radius 2 is 1.24 bits per heavy atom. The second-order valence-corrected chi connectivity index (χ2v) is 8.76. The molecule has 0 spiro atoms. The molecule has 4 nitrogen and oxygen atoms in total. The van der Waals surface area contributed by atoms with Crippen LogP contribution in [0.5, 0.6) is 11.5 Å². The molecule has 0 bridgehead atoms. The predicted molar refractivity (Wildman–Crippen MR) is 137 cm³/mol. The van der Waals surface area contributed by atoms with Crippen LogP contribution in [-0.2, 0) is 0 Å². The number of hydrogen-bond acceptors (Lipinski definition) is 4. The molecule has 0 aliphatic rings. The fourth-order valence-electron chi connectivity index (χ4n) is 3.57. The quantitative estimate of drug-likeness (QED) is 0.235. The summed E-state index contributed by atoms with van der Waals surface area (Å²) < 4.78 is 11.6.